The van der Waals surface area contributed by atoms with Crippen LogP contribution in [0.25, 0.3) is 0 Å². The van der Waals surface area contributed by atoms with E-state index in [1.165, 1.54) is 0 Å². The minimum atomic E-state index is -1.15. The summed E-state index contributed by atoms with van der Waals surface area (Å²) in [5.74, 6) is -1.38. The summed E-state index contributed by atoms with van der Waals surface area (Å²) in [5.41, 5.74) is 7.34. The van der Waals surface area contributed by atoms with E-state index in [0.29, 0.717) is 6.54 Å². The number of carbonyl (C=O) groups is 2. The number of nitrogens with two attached hydrogens (primary N) is 1. The van der Waals surface area contributed by atoms with E-state index in [1.807, 2.05) is 24.3 Å². The number of aliphatic carboxylic acids is 1. The molecule has 0 radical (unpaired) electrons. The lowest BCUT2D eigenvalue weighted by atomic mass is 10.1. The highest BCUT2D eigenvalue weighted by atomic mass is 16.4. The fourth-order valence-electron chi connectivity index (χ4n) is 1.98. The summed E-state index contributed by atoms with van der Waals surface area (Å²) in [6, 6.07) is 6.50. The maximum atomic E-state index is 11.9. The van der Waals surface area contributed by atoms with Gasteiger partial charge in [0.1, 0.15) is 6.04 Å². The zero-order valence-electron chi connectivity index (χ0n) is 9.30. The molecule has 1 aromatic carbocycles. The van der Waals surface area contributed by atoms with Crippen LogP contribution < -0.4 is 10.6 Å². The average Bonchev–Trinajstić information content (AvgIpc) is 2.72. The minimum absolute atomic E-state index is 0.163. The Kier molecular flexibility index (Phi) is 3.10. The van der Waals surface area contributed by atoms with Crippen molar-refractivity contribution in [3.63, 3.8) is 0 Å². The van der Waals surface area contributed by atoms with Gasteiger partial charge in [-0.15, -0.1) is 0 Å². The number of para-hydroxylation sites is 1. The van der Waals surface area contributed by atoms with Crippen LogP contribution in [0.4, 0.5) is 5.69 Å². The SMILES string of the molecule is N[C@@H](CC(=O)N1CCc2ccccc21)C(=O)O. The van der Waals surface area contributed by atoms with Gasteiger partial charge in [0.15, 0.2) is 0 Å². The van der Waals surface area contributed by atoms with Crippen LogP contribution in [0, 0.1) is 0 Å². The third-order valence-electron chi connectivity index (χ3n) is 2.90. The highest BCUT2D eigenvalue weighted by Gasteiger charge is 2.26. The van der Waals surface area contributed by atoms with Crippen LogP contribution >= 0.6 is 0 Å². The zero-order chi connectivity index (χ0) is 12.4. The molecule has 1 aliphatic heterocycles. The first kappa shape index (κ1) is 11.6. The predicted molar refractivity (Wildman–Crippen MR) is 62.7 cm³/mol. The normalized spacial score (nSPS) is 15.5. The largest absolute Gasteiger partial charge is 0.480 e. The summed E-state index contributed by atoms with van der Waals surface area (Å²) in [4.78, 5) is 24.1. The molecule has 1 amide bonds. The molecular weight excluding hydrogens is 220 g/mol. The van der Waals surface area contributed by atoms with Gasteiger partial charge in [-0.25, -0.2) is 0 Å². The number of carboxylic acids is 1. The van der Waals surface area contributed by atoms with Crippen LogP contribution in [-0.2, 0) is 16.0 Å². The molecular formula is C12H14N2O3. The van der Waals surface area contributed by atoms with Gasteiger partial charge in [0.25, 0.3) is 0 Å². The van der Waals surface area contributed by atoms with E-state index in [1.54, 1.807) is 4.90 Å². The van der Waals surface area contributed by atoms with Crippen LogP contribution in [0.15, 0.2) is 24.3 Å². The maximum absolute atomic E-state index is 11.9. The number of benzene rings is 1. The molecule has 3 N–H and O–H groups in total. The molecule has 0 fully saturated rings. The standard InChI is InChI=1S/C12H14N2O3/c13-9(12(16)17)7-11(15)14-6-5-8-3-1-2-4-10(8)14/h1-4,9H,5-7,13H2,(H,16,17)/t9-/m0/s1. The monoisotopic (exact) mass is 234 g/mol. The van der Waals surface area contributed by atoms with Gasteiger partial charge in [0, 0.05) is 12.2 Å². The molecule has 5 heteroatoms. The number of anilines is 1. The molecule has 0 aliphatic carbocycles. The molecule has 0 saturated heterocycles. The van der Waals surface area contributed by atoms with Gasteiger partial charge >= 0.3 is 5.97 Å². The van der Waals surface area contributed by atoms with Gasteiger partial charge in [-0.05, 0) is 18.1 Å². The lowest BCUT2D eigenvalue weighted by molar-refractivity contribution is -0.140. The summed E-state index contributed by atoms with van der Waals surface area (Å²) in [6.07, 6.45) is 0.647. The fourth-order valence-corrected chi connectivity index (χ4v) is 1.98. The molecule has 1 aromatic rings. The lowest BCUT2D eigenvalue weighted by Gasteiger charge is -2.18. The Morgan fingerprint density at radius 2 is 2.12 bits per heavy atom. The molecule has 0 aromatic heterocycles. The summed E-state index contributed by atoms with van der Waals surface area (Å²) >= 11 is 0. The molecule has 1 atom stereocenters. The van der Waals surface area contributed by atoms with Gasteiger partial charge < -0.3 is 15.7 Å². The molecule has 90 valence electrons. The third kappa shape index (κ3) is 2.29. The molecule has 0 bridgehead atoms. The summed E-state index contributed by atoms with van der Waals surface area (Å²) in [5, 5.41) is 8.67. The minimum Gasteiger partial charge on any atom is -0.480 e. The van der Waals surface area contributed by atoms with Crippen LogP contribution in [0.5, 0.6) is 0 Å². The van der Waals surface area contributed by atoms with Crippen molar-refractivity contribution < 1.29 is 14.7 Å². The van der Waals surface area contributed by atoms with E-state index < -0.39 is 12.0 Å². The van der Waals surface area contributed by atoms with E-state index in [4.69, 9.17) is 10.8 Å². The smallest absolute Gasteiger partial charge is 0.321 e. The second-order valence-electron chi connectivity index (χ2n) is 4.07. The van der Waals surface area contributed by atoms with Crippen LogP contribution in [-0.4, -0.2) is 29.6 Å². The molecule has 1 heterocycles. The van der Waals surface area contributed by atoms with Crippen molar-refractivity contribution >= 4 is 17.6 Å². The quantitative estimate of drug-likeness (QED) is 0.791. The van der Waals surface area contributed by atoms with Crippen LogP contribution in [0.2, 0.25) is 0 Å². The Hall–Kier alpha value is -1.88. The van der Waals surface area contributed by atoms with E-state index in [-0.39, 0.29) is 12.3 Å². The Morgan fingerprint density at radius 3 is 2.82 bits per heavy atom. The van der Waals surface area contributed by atoms with E-state index in [2.05, 4.69) is 0 Å². The van der Waals surface area contributed by atoms with Crippen molar-refractivity contribution in [3.05, 3.63) is 29.8 Å². The summed E-state index contributed by atoms with van der Waals surface area (Å²) in [6.45, 7) is 0.602. The van der Waals surface area contributed by atoms with Gasteiger partial charge in [-0.3, -0.25) is 9.59 Å². The Balaban J connectivity index is 2.10. The van der Waals surface area contributed by atoms with Gasteiger partial charge in [0.2, 0.25) is 5.91 Å². The topological polar surface area (TPSA) is 83.6 Å². The second kappa shape index (κ2) is 4.55. The highest BCUT2D eigenvalue weighted by molar-refractivity contribution is 5.97. The number of carboxylic acid groups (broad SMARTS) is 1. The lowest BCUT2D eigenvalue weighted by Crippen LogP contribution is -2.38. The Labute approximate surface area is 98.8 Å². The first-order valence-electron chi connectivity index (χ1n) is 5.46. The first-order valence-corrected chi connectivity index (χ1v) is 5.46. The third-order valence-corrected chi connectivity index (χ3v) is 2.90. The van der Waals surface area contributed by atoms with Crippen molar-refractivity contribution in [3.8, 4) is 0 Å². The van der Waals surface area contributed by atoms with E-state index >= 15 is 0 Å². The van der Waals surface area contributed by atoms with E-state index in [9.17, 15) is 9.59 Å². The summed E-state index contributed by atoms with van der Waals surface area (Å²) in [7, 11) is 0. The number of hydrogen-bond acceptors (Lipinski definition) is 3. The highest BCUT2D eigenvalue weighted by Crippen LogP contribution is 2.27. The van der Waals surface area contributed by atoms with Gasteiger partial charge in [-0.2, -0.15) is 0 Å². The van der Waals surface area contributed by atoms with Crippen molar-refractivity contribution in [1.29, 1.82) is 0 Å². The van der Waals surface area contributed by atoms with Gasteiger partial charge in [-0.1, -0.05) is 18.2 Å². The van der Waals surface area contributed by atoms with Crippen molar-refractivity contribution in [2.45, 2.75) is 18.9 Å². The molecule has 0 spiro atoms. The summed E-state index contributed by atoms with van der Waals surface area (Å²) < 4.78 is 0. The predicted octanol–water partition coefficient (Wildman–Crippen LogP) is 0.378. The van der Waals surface area contributed by atoms with Crippen molar-refractivity contribution in [1.82, 2.24) is 0 Å². The van der Waals surface area contributed by atoms with Crippen LogP contribution in [0.3, 0.4) is 0 Å². The first-order chi connectivity index (χ1) is 8.09. The molecule has 5 nitrogen and oxygen atoms in total. The molecule has 0 saturated carbocycles. The molecule has 17 heavy (non-hydrogen) atoms. The number of rotatable bonds is 3. The molecule has 2 rings (SSSR count). The zero-order valence-corrected chi connectivity index (χ0v) is 9.30. The number of fused-ring (bicyclic) bond motifs is 1. The average molecular weight is 234 g/mol. The van der Waals surface area contributed by atoms with E-state index in [0.717, 1.165) is 17.7 Å². The molecule has 1 aliphatic rings. The Morgan fingerprint density at radius 1 is 1.41 bits per heavy atom. The molecule has 0 unspecified atom stereocenters. The van der Waals surface area contributed by atoms with Gasteiger partial charge in [0.05, 0.1) is 6.42 Å². The number of amides is 1. The second-order valence-corrected chi connectivity index (χ2v) is 4.07. The number of hydrogen-bond donors (Lipinski definition) is 2. The Bertz CT molecular complexity index is 459. The van der Waals surface area contributed by atoms with Crippen molar-refractivity contribution in [2.24, 2.45) is 5.73 Å². The number of nitrogens with zero attached hydrogens (tertiary/aromatic N) is 1. The fraction of sp³-hybridized carbons (Fsp3) is 0.333. The van der Waals surface area contributed by atoms with Crippen LogP contribution in [0.1, 0.15) is 12.0 Å². The number of carbonyl (C=O) groups excluding carboxylic acids is 1. The maximum Gasteiger partial charge on any atom is 0.321 e. The van der Waals surface area contributed by atoms with Crippen molar-refractivity contribution in [2.75, 3.05) is 11.4 Å².